The fourth-order valence-corrected chi connectivity index (χ4v) is 5.09. The Bertz CT molecular complexity index is 1290. The van der Waals surface area contributed by atoms with Crippen LogP contribution in [0.15, 0.2) is 77.7 Å². The Morgan fingerprint density at radius 2 is 1.67 bits per heavy atom. The molecule has 0 aliphatic carbocycles. The molecule has 0 aliphatic rings. The molecule has 0 atom stereocenters. The van der Waals surface area contributed by atoms with Crippen LogP contribution in [0.4, 0.5) is 5.69 Å². The average molecular weight is 511 g/mol. The molecule has 0 heterocycles. The van der Waals surface area contributed by atoms with Crippen LogP contribution in [0, 0.1) is 6.92 Å². The third kappa shape index (κ3) is 6.93. The second kappa shape index (κ2) is 12.3. The molecule has 8 nitrogen and oxygen atoms in total. The lowest BCUT2D eigenvalue weighted by molar-refractivity contribution is -0.116. The SMILES string of the molecule is CCOC(=O)c1ccc(NC(=O)CN(CCc2ccccc2)S(=O)(=O)c2ccc(OC)c(C)c2)cc1. The molecule has 0 bridgehead atoms. The Labute approximate surface area is 211 Å². The van der Waals surface area contributed by atoms with E-state index in [-0.39, 0.29) is 24.6 Å². The maximum absolute atomic E-state index is 13.5. The van der Waals surface area contributed by atoms with Gasteiger partial charge in [0, 0.05) is 12.2 Å². The van der Waals surface area contributed by atoms with Gasteiger partial charge in [0.05, 0.1) is 30.7 Å². The number of amides is 1. The number of hydrogen-bond donors (Lipinski definition) is 1. The summed E-state index contributed by atoms with van der Waals surface area (Å²) in [6, 6.07) is 20.3. The molecule has 0 saturated carbocycles. The summed E-state index contributed by atoms with van der Waals surface area (Å²) >= 11 is 0. The van der Waals surface area contributed by atoms with E-state index in [1.807, 2.05) is 30.3 Å². The molecule has 3 aromatic rings. The van der Waals surface area contributed by atoms with Gasteiger partial charge in [-0.2, -0.15) is 4.31 Å². The van der Waals surface area contributed by atoms with Crippen LogP contribution in [-0.2, 0) is 26.0 Å². The maximum atomic E-state index is 13.5. The number of anilines is 1. The summed E-state index contributed by atoms with van der Waals surface area (Å²) in [4.78, 5) is 24.8. The minimum atomic E-state index is -3.97. The fourth-order valence-electron chi connectivity index (χ4n) is 3.61. The van der Waals surface area contributed by atoms with Crippen LogP contribution in [0.1, 0.15) is 28.4 Å². The van der Waals surface area contributed by atoms with Crippen molar-refractivity contribution in [2.45, 2.75) is 25.2 Å². The number of rotatable bonds is 11. The molecule has 0 aromatic heterocycles. The van der Waals surface area contributed by atoms with E-state index >= 15 is 0 Å². The first-order chi connectivity index (χ1) is 17.2. The number of methoxy groups -OCH3 is 1. The van der Waals surface area contributed by atoms with Gasteiger partial charge >= 0.3 is 5.97 Å². The molecule has 0 unspecified atom stereocenters. The number of aryl methyl sites for hydroxylation is 1. The summed E-state index contributed by atoms with van der Waals surface area (Å²) in [7, 11) is -2.45. The van der Waals surface area contributed by atoms with Gasteiger partial charge in [0.25, 0.3) is 0 Å². The van der Waals surface area contributed by atoms with E-state index in [4.69, 9.17) is 9.47 Å². The number of hydrogen-bond acceptors (Lipinski definition) is 6. The highest BCUT2D eigenvalue weighted by molar-refractivity contribution is 7.89. The van der Waals surface area contributed by atoms with Crippen molar-refractivity contribution in [1.29, 1.82) is 0 Å². The monoisotopic (exact) mass is 510 g/mol. The van der Waals surface area contributed by atoms with Crippen LogP contribution in [0.5, 0.6) is 5.75 Å². The van der Waals surface area contributed by atoms with Crippen molar-refractivity contribution >= 4 is 27.6 Å². The van der Waals surface area contributed by atoms with Crippen molar-refractivity contribution in [3.05, 3.63) is 89.5 Å². The Hall–Kier alpha value is -3.69. The Morgan fingerprint density at radius 3 is 2.28 bits per heavy atom. The quantitative estimate of drug-likeness (QED) is 0.391. The lowest BCUT2D eigenvalue weighted by Crippen LogP contribution is -2.39. The number of carbonyl (C=O) groups is 2. The molecule has 0 aliphatic heterocycles. The molecule has 0 saturated heterocycles. The molecule has 190 valence electrons. The largest absolute Gasteiger partial charge is 0.496 e. The number of sulfonamides is 1. The zero-order chi connectivity index (χ0) is 26.1. The van der Waals surface area contributed by atoms with Crippen LogP contribution in [-0.4, -0.2) is 51.4 Å². The zero-order valence-corrected chi connectivity index (χ0v) is 21.4. The number of nitrogens with one attached hydrogen (secondary N) is 1. The Balaban J connectivity index is 1.79. The molecular weight excluding hydrogens is 480 g/mol. The summed E-state index contributed by atoms with van der Waals surface area (Å²) < 4.78 is 38.4. The van der Waals surface area contributed by atoms with E-state index in [9.17, 15) is 18.0 Å². The third-order valence-electron chi connectivity index (χ3n) is 5.50. The number of carbonyl (C=O) groups excluding carboxylic acids is 2. The summed E-state index contributed by atoms with van der Waals surface area (Å²) in [5, 5.41) is 2.70. The highest BCUT2D eigenvalue weighted by Gasteiger charge is 2.27. The number of ether oxygens (including phenoxy) is 2. The standard InChI is InChI=1S/C27H30N2O6S/c1-4-35-27(31)22-10-12-23(13-11-22)28-26(30)19-29(17-16-21-8-6-5-7-9-21)36(32,33)24-14-15-25(34-3)20(2)18-24/h5-15,18H,4,16-17,19H2,1-3H3,(H,28,30). The highest BCUT2D eigenvalue weighted by Crippen LogP contribution is 2.24. The van der Waals surface area contributed by atoms with Crippen molar-refractivity contribution in [2.75, 3.05) is 32.1 Å². The lowest BCUT2D eigenvalue weighted by atomic mass is 10.1. The van der Waals surface area contributed by atoms with E-state index in [1.54, 1.807) is 32.0 Å². The first-order valence-electron chi connectivity index (χ1n) is 11.5. The van der Waals surface area contributed by atoms with E-state index < -0.39 is 21.9 Å². The molecule has 36 heavy (non-hydrogen) atoms. The van der Waals surface area contributed by atoms with Crippen molar-refractivity contribution in [3.8, 4) is 5.75 Å². The minimum Gasteiger partial charge on any atom is -0.496 e. The number of nitrogens with zero attached hydrogens (tertiary/aromatic N) is 1. The van der Waals surface area contributed by atoms with Crippen LogP contribution < -0.4 is 10.1 Å². The van der Waals surface area contributed by atoms with Gasteiger partial charge in [-0.1, -0.05) is 30.3 Å². The van der Waals surface area contributed by atoms with Gasteiger partial charge in [-0.05, 0) is 73.9 Å². The fraction of sp³-hybridized carbons (Fsp3) is 0.259. The molecule has 0 radical (unpaired) electrons. The van der Waals surface area contributed by atoms with Gasteiger partial charge < -0.3 is 14.8 Å². The lowest BCUT2D eigenvalue weighted by Gasteiger charge is -2.22. The molecule has 3 rings (SSSR count). The summed E-state index contributed by atoms with van der Waals surface area (Å²) in [6.07, 6.45) is 0.441. The smallest absolute Gasteiger partial charge is 0.338 e. The molecule has 9 heteroatoms. The van der Waals surface area contributed by atoms with E-state index in [0.717, 1.165) is 5.56 Å². The van der Waals surface area contributed by atoms with Crippen molar-refractivity contribution in [1.82, 2.24) is 4.31 Å². The van der Waals surface area contributed by atoms with Crippen molar-refractivity contribution < 1.29 is 27.5 Å². The van der Waals surface area contributed by atoms with Crippen molar-refractivity contribution in [2.24, 2.45) is 0 Å². The Morgan fingerprint density at radius 1 is 0.972 bits per heavy atom. The predicted octanol–water partition coefficient (Wildman–Crippen LogP) is 4.05. The van der Waals surface area contributed by atoms with Crippen LogP contribution in [0.3, 0.4) is 0 Å². The van der Waals surface area contributed by atoms with Gasteiger partial charge in [-0.25, -0.2) is 13.2 Å². The highest BCUT2D eigenvalue weighted by atomic mass is 32.2. The van der Waals surface area contributed by atoms with E-state index in [1.165, 1.54) is 35.7 Å². The molecule has 3 aromatic carbocycles. The zero-order valence-electron chi connectivity index (χ0n) is 20.6. The van der Waals surface area contributed by atoms with E-state index in [2.05, 4.69) is 5.32 Å². The second-order valence-corrected chi connectivity index (χ2v) is 9.99. The maximum Gasteiger partial charge on any atom is 0.338 e. The van der Waals surface area contributed by atoms with Crippen LogP contribution in [0.25, 0.3) is 0 Å². The number of esters is 1. The first kappa shape index (κ1) is 26.9. The summed E-state index contributed by atoms with van der Waals surface area (Å²) in [5.74, 6) is -0.377. The van der Waals surface area contributed by atoms with Crippen LogP contribution in [0.2, 0.25) is 0 Å². The third-order valence-corrected chi connectivity index (χ3v) is 7.34. The second-order valence-electron chi connectivity index (χ2n) is 8.05. The summed E-state index contributed by atoms with van der Waals surface area (Å²) in [6.45, 7) is 3.49. The topological polar surface area (TPSA) is 102 Å². The molecule has 1 amide bonds. The van der Waals surface area contributed by atoms with Gasteiger partial charge in [0.2, 0.25) is 15.9 Å². The average Bonchev–Trinajstić information content (AvgIpc) is 2.87. The van der Waals surface area contributed by atoms with Gasteiger partial charge in [0.1, 0.15) is 5.75 Å². The first-order valence-corrected chi connectivity index (χ1v) is 12.9. The summed E-state index contributed by atoms with van der Waals surface area (Å²) in [5.41, 5.74) is 2.43. The van der Waals surface area contributed by atoms with Crippen molar-refractivity contribution in [3.63, 3.8) is 0 Å². The molecule has 1 N–H and O–H groups in total. The predicted molar refractivity (Wildman–Crippen MR) is 138 cm³/mol. The number of benzene rings is 3. The van der Waals surface area contributed by atoms with Gasteiger partial charge in [-0.15, -0.1) is 0 Å². The minimum absolute atomic E-state index is 0.0838. The van der Waals surface area contributed by atoms with E-state index in [0.29, 0.717) is 29.0 Å². The molecule has 0 spiro atoms. The van der Waals surface area contributed by atoms with Gasteiger partial charge in [0.15, 0.2) is 0 Å². The molecular formula is C27H30N2O6S. The Kier molecular flexibility index (Phi) is 9.21. The van der Waals surface area contributed by atoms with Crippen LogP contribution >= 0.6 is 0 Å². The normalized spacial score (nSPS) is 11.2. The van der Waals surface area contributed by atoms with Gasteiger partial charge in [-0.3, -0.25) is 4.79 Å². The molecule has 0 fully saturated rings.